The predicted molar refractivity (Wildman–Crippen MR) is 99.5 cm³/mol. The SMILES string of the molecule is COc1ccccc1N1CC[NH+](CC(=O)NCCCOC(C)C)CC1. The van der Waals surface area contributed by atoms with E-state index < -0.39 is 0 Å². The Morgan fingerprint density at radius 2 is 2.00 bits per heavy atom. The van der Waals surface area contributed by atoms with Crippen molar-refractivity contribution < 1.29 is 19.2 Å². The van der Waals surface area contributed by atoms with Crippen LogP contribution in [0.4, 0.5) is 5.69 Å². The van der Waals surface area contributed by atoms with Gasteiger partial charge in [0.25, 0.3) is 5.91 Å². The highest BCUT2D eigenvalue weighted by atomic mass is 16.5. The second-order valence-corrected chi connectivity index (χ2v) is 6.71. The molecule has 2 N–H and O–H groups in total. The van der Waals surface area contributed by atoms with E-state index in [1.165, 1.54) is 4.90 Å². The molecule has 6 heteroatoms. The summed E-state index contributed by atoms with van der Waals surface area (Å²) >= 11 is 0. The molecule has 1 fully saturated rings. The van der Waals surface area contributed by atoms with Gasteiger partial charge in [0.2, 0.25) is 0 Å². The van der Waals surface area contributed by atoms with Crippen LogP contribution in [0, 0.1) is 0 Å². The van der Waals surface area contributed by atoms with Crippen LogP contribution in [0.15, 0.2) is 24.3 Å². The maximum atomic E-state index is 12.1. The number of quaternary nitrogens is 1. The van der Waals surface area contributed by atoms with Gasteiger partial charge >= 0.3 is 0 Å². The Morgan fingerprint density at radius 1 is 1.28 bits per heavy atom. The summed E-state index contributed by atoms with van der Waals surface area (Å²) in [5.74, 6) is 1.04. The molecule has 25 heavy (non-hydrogen) atoms. The number of nitrogens with zero attached hydrogens (tertiary/aromatic N) is 1. The highest BCUT2D eigenvalue weighted by molar-refractivity contribution is 5.76. The average molecular weight is 350 g/mol. The van der Waals surface area contributed by atoms with Gasteiger partial charge in [-0.2, -0.15) is 0 Å². The maximum Gasteiger partial charge on any atom is 0.275 e. The molecule has 0 aliphatic carbocycles. The van der Waals surface area contributed by atoms with Gasteiger partial charge in [-0.1, -0.05) is 12.1 Å². The molecule has 0 aromatic heterocycles. The number of nitrogens with one attached hydrogen (secondary N) is 2. The van der Waals surface area contributed by atoms with Gasteiger partial charge in [0.05, 0.1) is 45.1 Å². The highest BCUT2D eigenvalue weighted by Gasteiger charge is 2.23. The summed E-state index contributed by atoms with van der Waals surface area (Å²) in [4.78, 5) is 15.7. The molecule has 2 rings (SSSR count). The Balaban J connectivity index is 1.67. The van der Waals surface area contributed by atoms with Crippen molar-refractivity contribution >= 4 is 11.6 Å². The van der Waals surface area contributed by atoms with Gasteiger partial charge in [-0.25, -0.2) is 0 Å². The van der Waals surface area contributed by atoms with Crippen molar-refractivity contribution in [2.45, 2.75) is 26.4 Å². The summed E-state index contributed by atoms with van der Waals surface area (Å²) in [7, 11) is 1.71. The summed E-state index contributed by atoms with van der Waals surface area (Å²) in [6.07, 6.45) is 1.11. The first-order valence-corrected chi connectivity index (χ1v) is 9.20. The number of carbonyl (C=O) groups excluding carboxylic acids is 1. The normalized spacial score (nSPS) is 15.4. The summed E-state index contributed by atoms with van der Waals surface area (Å²) < 4.78 is 10.9. The lowest BCUT2D eigenvalue weighted by Gasteiger charge is -2.34. The molecule has 1 aromatic carbocycles. The van der Waals surface area contributed by atoms with E-state index in [9.17, 15) is 4.79 Å². The number of methoxy groups -OCH3 is 1. The first kappa shape index (κ1) is 19.5. The molecule has 0 spiro atoms. The van der Waals surface area contributed by atoms with E-state index in [1.54, 1.807) is 7.11 Å². The first-order chi connectivity index (χ1) is 12.1. The third-order valence-electron chi connectivity index (χ3n) is 4.40. The van der Waals surface area contributed by atoms with Crippen LogP contribution in [-0.2, 0) is 9.53 Å². The zero-order chi connectivity index (χ0) is 18.1. The Kier molecular flexibility index (Phi) is 8.01. The third-order valence-corrected chi connectivity index (χ3v) is 4.40. The zero-order valence-electron chi connectivity index (χ0n) is 15.7. The first-order valence-electron chi connectivity index (χ1n) is 9.20. The minimum Gasteiger partial charge on any atom is -0.495 e. The highest BCUT2D eigenvalue weighted by Crippen LogP contribution is 2.27. The van der Waals surface area contributed by atoms with Gasteiger partial charge in [-0.15, -0.1) is 0 Å². The second kappa shape index (κ2) is 10.3. The van der Waals surface area contributed by atoms with E-state index in [-0.39, 0.29) is 12.0 Å². The van der Waals surface area contributed by atoms with E-state index in [4.69, 9.17) is 9.47 Å². The van der Waals surface area contributed by atoms with Gasteiger partial charge in [0.1, 0.15) is 5.75 Å². The van der Waals surface area contributed by atoms with Gasteiger partial charge in [0.15, 0.2) is 6.54 Å². The largest absolute Gasteiger partial charge is 0.495 e. The molecule has 0 radical (unpaired) electrons. The van der Waals surface area contributed by atoms with E-state index in [2.05, 4.69) is 16.3 Å². The topological polar surface area (TPSA) is 55.2 Å². The molecule has 0 atom stereocenters. The Bertz CT molecular complexity index is 528. The van der Waals surface area contributed by atoms with Crippen LogP contribution in [-0.4, -0.2) is 65.0 Å². The molecule has 1 saturated heterocycles. The molecular formula is C19H32N3O3+. The van der Waals surface area contributed by atoms with Crippen LogP contribution in [0.1, 0.15) is 20.3 Å². The number of carbonyl (C=O) groups is 1. The van der Waals surface area contributed by atoms with Crippen molar-refractivity contribution in [3.63, 3.8) is 0 Å². The van der Waals surface area contributed by atoms with Crippen molar-refractivity contribution in [2.75, 3.05) is 57.9 Å². The van der Waals surface area contributed by atoms with Gasteiger partial charge in [0, 0.05) is 13.2 Å². The lowest BCUT2D eigenvalue weighted by molar-refractivity contribution is -0.892. The Morgan fingerprint density at radius 3 is 2.68 bits per heavy atom. The van der Waals surface area contributed by atoms with E-state index in [1.807, 2.05) is 32.0 Å². The Labute approximate surface area is 151 Å². The van der Waals surface area contributed by atoms with Gasteiger partial charge in [-0.3, -0.25) is 4.79 Å². The smallest absolute Gasteiger partial charge is 0.275 e. The minimum absolute atomic E-state index is 0.130. The van der Waals surface area contributed by atoms with E-state index >= 15 is 0 Å². The number of amides is 1. The fourth-order valence-electron chi connectivity index (χ4n) is 3.04. The number of hydrogen-bond acceptors (Lipinski definition) is 4. The van der Waals surface area contributed by atoms with Gasteiger partial charge in [-0.05, 0) is 32.4 Å². The molecule has 0 unspecified atom stereocenters. The molecule has 1 aliphatic heterocycles. The minimum atomic E-state index is 0.130. The lowest BCUT2D eigenvalue weighted by Crippen LogP contribution is -3.15. The molecule has 1 aromatic rings. The third kappa shape index (κ3) is 6.55. The molecule has 1 aliphatic rings. The fraction of sp³-hybridized carbons (Fsp3) is 0.632. The lowest BCUT2D eigenvalue weighted by atomic mass is 10.2. The van der Waals surface area contributed by atoms with Crippen molar-refractivity contribution in [1.82, 2.24) is 5.32 Å². The molecule has 1 heterocycles. The molecule has 140 valence electrons. The number of rotatable bonds is 9. The monoisotopic (exact) mass is 350 g/mol. The van der Waals surface area contributed by atoms with Gasteiger partial charge < -0.3 is 24.6 Å². The number of benzene rings is 1. The summed E-state index contributed by atoms with van der Waals surface area (Å²) in [5, 5.41) is 2.99. The van der Waals surface area contributed by atoms with Crippen LogP contribution in [0.2, 0.25) is 0 Å². The van der Waals surface area contributed by atoms with Crippen molar-refractivity contribution in [3.05, 3.63) is 24.3 Å². The van der Waals surface area contributed by atoms with E-state index in [0.717, 1.165) is 44.0 Å². The summed E-state index contributed by atoms with van der Waals surface area (Å²) in [6, 6.07) is 8.11. The summed E-state index contributed by atoms with van der Waals surface area (Å²) in [6.45, 7) is 9.76. The van der Waals surface area contributed by atoms with Crippen LogP contribution >= 0.6 is 0 Å². The van der Waals surface area contributed by atoms with E-state index in [0.29, 0.717) is 19.7 Å². The number of piperazine rings is 1. The number of para-hydroxylation sites is 2. The molecule has 1 amide bonds. The van der Waals surface area contributed by atoms with Crippen molar-refractivity contribution in [3.8, 4) is 5.75 Å². The van der Waals surface area contributed by atoms with Crippen molar-refractivity contribution in [2.24, 2.45) is 0 Å². The fourth-order valence-corrected chi connectivity index (χ4v) is 3.04. The number of ether oxygens (including phenoxy) is 2. The quantitative estimate of drug-likeness (QED) is 0.631. The molecule has 6 nitrogen and oxygen atoms in total. The Hall–Kier alpha value is -1.79. The molecule has 0 saturated carbocycles. The number of anilines is 1. The van der Waals surface area contributed by atoms with Crippen molar-refractivity contribution in [1.29, 1.82) is 0 Å². The second-order valence-electron chi connectivity index (χ2n) is 6.71. The maximum absolute atomic E-state index is 12.1. The van der Waals surface area contributed by atoms with Crippen LogP contribution in [0.25, 0.3) is 0 Å². The number of hydrogen-bond donors (Lipinski definition) is 2. The standard InChI is InChI=1S/C19H31N3O3/c1-16(2)25-14-6-9-20-19(23)15-21-10-12-22(13-11-21)17-7-4-5-8-18(17)24-3/h4-5,7-8,16H,6,9-15H2,1-3H3,(H,20,23)/p+1. The molecular weight excluding hydrogens is 318 g/mol. The van der Waals surface area contributed by atoms with Crippen LogP contribution in [0.5, 0.6) is 5.75 Å². The molecule has 0 bridgehead atoms. The predicted octanol–water partition coefficient (Wildman–Crippen LogP) is 0.331. The zero-order valence-corrected chi connectivity index (χ0v) is 15.7. The van der Waals surface area contributed by atoms with Crippen LogP contribution < -0.4 is 19.9 Å². The summed E-state index contributed by atoms with van der Waals surface area (Å²) in [5.41, 5.74) is 1.14. The average Bonchev–Trinajstić information content (AvgIpc) is 2.62. The van der Waals surface area contributed by atoms with Crippen LogP contribution in [0.3, 0.4) is 0 Å².